The Hall–Kier alpha value is -1.15. The van der Waals surface area contributed by atoms with Crippen LogP contribution in [0.2, 0.25) is 0 Å². The topological polar surface area (TPSA) is 43.1 Å². The second-order valence-electron chi connectivity index (χ2n) is 5.34. The van der Waals surface area contributed by atoms with E-state index in [-0.39, 0.29) is 5.92 Å². The minimum absolute atomic E-state index is 0.159. The lowest BCUT2D eigenvalue weighted by molar-refractivity contribution is 0.0893. The molecule has 1 aliphatic carbocycles. The van der Waals surface area contributed by atoms with Crippen molar-refractivity contribution in [2.75, 3.05) is 6.54 Å². The molecule has 0 heterocycles. The van der Waals surface area contributed by atoms with Crippen LogP contribution in [0.1, 0.15) is 48.5 Å². The number of aryl methyl sites for hydroxylation is 1. The summed E-state index contributed by atoms with van der Waals surface area (Å²) in [6, 6.07) is 8.14. The maximum Gasteiger partial charge on any atom is 0.166 e. The Morgan fingerprint density at radius 3 is 2.61 bits per heavy atom. The van der Waals surface area contributed by atoms with Gasteiger partial charge in [-0.1, -0.05) is 44.0 Å². The van der Waals surface area contributed by atoms with Crippen LogP contribution in [-0.4, -0.2) is 12.3 Å². The van der Waals surface area contributed by atoms with E-state index in [1.807, 2.05) is 12.1 Å². The molecule has 0 bridgehead atoms. The molecule has 1 aliphatic rings. The van der Waals surface area contributed by atoms with Crippen LogP contribution in [0.4, 0.5) is 0 Å². The van der Waals surface area contributed by atoms with Crippen molar-refractivity contribution in [3.8, 4) is 0 Å². The number of hydrogen-bond donors (Lipinski definition) is 1. The Morgan fingerprint density at radius 2 is 2.00 bits per heavy atom. The van der Waals surface area contributed by atoms with Gasteiger partial charge in [0.1, 0.15) is 0 Å². The third-order valence-electron chi connectivity index (χ3n) is 4.08. The molecule has 0 radical (unpaired) electrons. The summed E-state index contributed by atoms with van der Waals surface area (Å²) in [5.41, 5.74) is 7.93. The van der Waals surface area contributed by atoms with Gasteiger partial charge in [0, 0.05) is 11.5 Å². The van der Waals surface area contributed by atoms with Crippen LogP contribution in [0.25, 0.3) is 0 Å². The number of carbonyl (C=O) groups excluding carboxylic acids is 1. The van der Waals surface area contributed by atoms with Gasteiger partial charge < -0.3 is 5.73 Å². The van der Waals surface area contributed by atoms with E-state index in [9.17, 15) is 4.79 Å². The van der Waals surface area contributed by atoms with E-state index in [2.05, 4.69) is 19.1 Å². The molecule has 1 fully saturated rings. The summed E-state index contributed by atoms with van der Waals surface area (Å²) in [4.78, 5) is 12.4. The molecule has 2 N–H and O–H groups in total. The number of benzene rings is 1. The van der Waals surface area contributed by atoms with E-state index in [4.69, 9.17) is 5.73 Å². The maximum absolute atomic E-state index is 12.4. The molecule has 2 nitrogen and oxygen atoms in total. The first kappa shape index (κ1) is 13.3. The summed E-state index contributed by atoms with van der Waals surface area (Å²) in [7, 11) is 0. The molecule has 1 aromatic rings. The van der Waals surface area contributed by atoms with E-state index in [1.165, 1.54) is 5.56 Å². The molecule has 0 aliphatic heterocycles. The summed E-state index contributed by atoms with van der Waals surface area (Å²) < 4.78 is 0. The van der Waals surface area contributed by atoms with E-state index >= 15 is 0 Å². The molecule has 0 amide bonds. The second kappa shape index (κ2) is 6.14. The van der Waals surface area contributed by atoms with Crippen molar-refractivity contribution in [3.05, 3.63) is 35.4 Å². The highest BCUT2D eigenvalue weighted by Crippen LogP contribution is 2.33. The predicted octanol–water partition coefficient (Wildman–Crippen LogP) is 3.20. The molecule has 1 aromatic carbocycles. The molecular formula is C16H23NO. The summed E-state index contributed by atoms with van der Waals surface area (Å²) in [5.74, 6) is 0.853. The monoisotopic (exact) mass is 245 g/mol. The highest BCUT2D eigenvalue weighted by molar-refractivity contribution is 5.98. The molecule has 98 valence electrons. The van der Waals surface area contributed by atoms with Crippen molar-refractivity contribution < 1.29 is 4.79 Å². The van der Waals surface area contributed by atoms with Crippen LogP contribution < -0.4 is 5.73 Å². The fourth-order valence-electron chi connectivity index (χ4n) is 3.00. The number of ketones is 1. The first-order chi connectivity index (χ1) is 8.76. The minimum Gasteiger partial charge on any atom is -0.330 e. The van der Waals surface area contributed by atoms with Gasteiger partial charge >= 0.3 is 0 Å². The molecular weight excluding hydrogens is 222 g/mol. The second-order valence-corrected chi connectivity index (χ2v) is 5.34. The minimum atomic E-state index is 0.159. The number of rotatable bonds is 5. The van der Waals surface area contributed by atoms with Crippen LogP contribution in [-0.2, 0) is 6.42 Å². The van der Waals surface area contributed by atoms with E-state index in [0.717, 1.165) is 37.7 Å². The number of hydrogen-bond acceptors (Lipinski definition) is 2. The number of carbonyl (C=O) groups is 1. The van der Waals surface area contributed by atoms with Crippen molar-refractivity contribution in [1.29, 1.82) is 0 Å². The third-order valence-corrected chi connectivity index (χ3v) is 4.08. The lowest BCUT2D eigenvalue weighted by atomic mass is 9.88. The molecule has 2 heteroatoms. The first-order valence-corrected chi connectivity index (χ1v) is 7.09. The molecule has 2 atom stereocenters. The van der Waals surface area contributed by atoms with Crippen molar-refractivity contribution in [2.24, 2.45) is 17.6 Å². The molecule has 2 unspecified atom stereocenters. The maximum atomic E-state index is 12.4. The quantitative estimate of drug-likeness (QED) is 0.809. The zero-order chi connectivity index (χ0) is 13.0. The molecule has 0 aromatic heterocycles. The van der Waals surface area contributed by atoms with Crippen LogP contribution >= 0.6 is 0 Å². The van der Waals surface area contributed by atoms with Gasteiger partial charge in [-0.15, -0.1) is 0 Å². The van der Waals surface area contributed by atoms with Gasteiger partial charge in [0.15, 0.2) is 5.78 Å². The lowest BCUT2D eigenvalue weighted by Crippen LogP contribution is -2.25. The lowest BCUT2D eigenvalue weighted by Gasteiger charge is -2.16. The molecule has 18 heavy (non-hydrogen) atoms. The van der Waals surface area contributed by atoms with Crippen molar-refractivity contribution in [2.45, 2.75) is 39.0 Å². The van der Waals surface area contributed by atoms with Crippen LogP contribution in [0, 0.1) is 11.8 Å². The Kier molecular flexibility index (Phi) is 4.54. The summed E-state index contributed by atoms with van der Waals surface area (Å²) in [6.45, 7) is 2.81. The average Bonchev–Trinajstić information content (AvgIpc) is 2.87. The van der Waals surface area contributed by atoms with Gasteiger partial charge in [-0.25, -0.2) is 0 Å². The Morgan fingerprint density at radius 1 is 1.28 bits per heavy atom. The molecule has 0 saturated heterocycles. The smallest absolute Gasteiger partial charge is 0.166 e. The van der Waals surface area contributed by atoms with E-state index < -0.39 is 0 Å². The normalized spacial score (nSPS) is 23.2. The summed E-state index contributed by atoms with van der Waals surface area (Å²) in [5, 5.41) is 0. The van der Waals surface area contributed by atoms with Crippen LogP contribution in [0.5, 0.6) is 0 Å². The first-order valence-electron chi connectivity index (χ1n) is 7.09. The highest BCUT2D eigenvalue weighted by Gasteiger charge is 2.32. The zero-order valence-electron chi connectivity index (χ0n) is 11.2. The van der Waals surface area contributed by atoms with Gasteiger partial charge in [-0.3, -0.25) is 4.79 Å². The Labute approximate surface area is 110 Å². The fraction of sp³-hybridized carbons (Fsp3) is 0.562. The fourth-order valence-corrected chi connectivity index (χ4v) is 3.00. The number of Topliss-reactive ketones (excluding diaryl/α,β-unsaturated/α-hetero) is 1. The largest absolute Gasteiger partial charge is 0.330 e. The molecule has 2 rings (SSSR count). The summed E-state index contributed by atoms with van der Waals surface area (Å²) >= 11 is 0. The number of nitrogens with two attached hydrogens (primary N) is 1. The van der Waals surface area contributed by atoms with Gasteiger partial charge in [-0.05, 0) is 37.3 Å². The average molecular weight is 245 g/mol. The van der Waals surface area contributed by atoms with Gasteiger partial charge in [0.25, 0.3) is 0 Å². The summed E-state index contributed by atoms with van der Waals surface area (Å²) in [6.07, 6.45) is 5.50. The third kappa shape index (κ3) is 2.81. The molecule has 0 spiro atoms. The zero-order valence-corrected chi connectivity index (χ0v) is 11.2. The van der Waals surface area contributed by atoms with Gasteiger partial charge in [0.2, 0.25) is 0 Å². The standard InChI is InChI=1S/C16H23NO/c1-2-4-12-7-9-13(10-8-12)16(18)15-6-3-5-14(15)11-17/h7-10,14-15H,2-6,11,17H2,1H3. The van der Waals surface area contributed by atoms with E-state index in [1.54, 1.807) is 0 Å². The van der Waals surface area contributed by atoms with Crippen LogP contribution in [0.3, 0.4) is 0 Å². The van der Waals surface area contributed by atoms with Gasteiger partial charge in [-0.2, -0.15) is 0 Å². The van der Waals surface area contributed by atoms with Crippen LogP contribution in [0.15, 0.2) is 24.3 Å². The Balaban J connectivity index is 2.08. The van der Waals surface area contributed by atoms with Crippen molar-refractivity contribution in [1.82, 2.24) is 0 Å². The highest BCUT2D eigenvalue weighted by atomic mass is 16.1. The van der Waals surface area contributed by atoms with E-state index in [0.29, 0.717) is 18.2 Å². The molecule has 1 saturated carbocycles. The Bertz CT molecular complexity index is 396. The van der Waals surface area contributed by atoms with Crippen molar-refractivity contribution in [3.63, 3.8) is 0 Å². The van der Waals surface area contributed by atoms with Gasteiger partial charge in [0.05, 0.1) is 0 Å². The predicted molar refractivity (Wildman–Crippen MR) is 74.7 cm³/mol. The van der Waals surface area contributed by atoms with Crippen molar-refractivity contribution >= 4 is 5.78 Å². The SMILES string of the molecule is CCCc1ccc(C(=O)C2CCCC2CN)cc1.